The second-order valence-corrected chi connectivity index (χ2v) is 11.5. The minimum Gasteiger partial charge on any atom is -0.481 e. The third kappa shape index (κ3) is 4.79. The van der Waals surface area contributed by atoms with Crippen LogP contribution in [0.4, 0.5) is 0 Å². The number of fused-ring (bicyclic) bond motifs is 6. The number of thiophene rings is 2. The van der Waals surface area contributed by atoms with Gasteiger partial charge in [-0.15, -0.1) is 22.7 Å². The van der Waals surface area contributed by atoms with Gasteiger partial charge in [0.05, 0.1) is 29.2 Å². The molecule has 188 valence electrons. The highest BCUT2D eigenvalue weighted by molar-refractivity contribution is 7.19. The first-order valence-corrected chi connectivity index (χ1v) is 14.0. The van der Waals surface area contributed by atoms with E-state index < -0.39 is 5.97 Å². The number of rotatable bonds is 3. The van der Waals surface area contributed by atoms with Gasteiger partial charge in [0.25, 0.3) is 0 Å². The number of esters is 1. The highest BCUT2D eigenvalue weighted by atomic mass is 35.5. The van der Waals surface area contributed by atoms with E-state index in [1.165, 1.54) is 34.4 Å². The van der Waals surface area contributed by atoms with Gasteiger partial charge in [0.15, 0.2) is 0 Å². The van der Waals surface area contributed by atoms with Crippen molar-refractivity contribution >= 4 is 78.2 Å². The summed E-state index contributed by atoms with van der Waals surface area (Å²) in [6.07, 6.45) is 7.30. The summed E-state index contributed by atoms with van der Waals surface area (Å²) in [5.41, 5.74) is 2.36. The quantitative estimate of drug-likeness (QED) is 0.254. The van der Waals surface area contributed by atoms with E-state index in [1.807, 2.05) is 6.92 Å². The molecule has 2 aliphatic carbocycles. The Hall–Kier alpha value is -2.40. The summed E-state index contributed by atoms with van der Waals surface area (Å²) in [5.74, 6) is -1.12. The smallest absolute Gasteiger partial charge is 0.309 e. The van der Waals surface area contributed by atoms with Crippen LogP contribution in [-0.4, -0.2) is 43.6 Å². The Balaban J connectivity index is 0.000000149. The van der Waals surface area contributed by atoms with Gasteiger partial charge in [-0.1, -0.05) is 23.2 Å². The van der Waals surface area contributed by atoms with Gasteiger partial charge >= 0.3 is 11.9 Å². The van der Waals surface area contributed by atoms with Crippen molar-refractivity contribution in [1.29, 1.82) is 0 Å². The summed E-state index contributed by atoms with van der Waals surface area (Å²) in [4.78, 5) is 43.4. The SMILES string of the molecule is CCOC(=O)[C@H]1CCc2c(sc3ncnc(Cl)c23)C1.O=C(O)[C@H]1CCc2c(sc3ncnc(Cl)c23)C1. The molecular formula is C24H22Cl2N4O4S2. The van der Waals surface area contributed by atoms with Crippen molar-refractivity contribution in [3.05, 3.63) is 43.8 Å². The molecule has 0 amide bonds. The Morgan fingerprint density at radius 1 is 0.917 bits per heavy atom. The van der Waals surface area contributed by atoms with E-state index in [1.54, 1.807) is 11.3 Å². The first-order chi connectivity index (χ1) is 17.4. The zero-order chi connectivity index (χ0) is 25.4. The Kier molecular flexibility index (Phi) is 7.39. The molecule has 4 aromatic rings. The largest absolute Gasteiger partial charge is 0.481 e. The number of hydrogen-bond donors (Lipinski definition) is 1. The predicted molar refractivity (Wildman–Crippen MR) is 140 cm³/mol. The molecule has 2 atom stereocenters. The van der Waals surface area contributed by atoms with E-state index in [9.17, 15) is 9.59 Å². The number of halogens is 2. The number of aliphatic carboxylic acids is 1. The lowest BCUT2D eigenvalue weighted by Gasteiger charge is -2.20. The second kappa shape index (κ2) is 10.5. The van der Waals surface area contributed by atoms with Gasteiger partial charge in [0, 0.05) is 9.75 Å². The highest BCUT2D eigenvalue weighted by Gasteiger charge is 2.30. The van der Waals surface area contributed by atoms with Crippen molar-refractivity contribution in [2.75, 3.05) is 6.61 Å². The molecule has 0 aliphatic heterocycles. The Morgan fingerprint density at radius 2 is 1.42 bits per heavy atom. The van der Waals surface area contributed by atoms with Gasteiger partial charge in [-0.05, 0) is 56.6 Å². The first-order valence-electron chi connectivity index (χ1n) is 11.6. The van der Waals surface area contributed by atoms with Crippen molar-refractivity contribution in [2.24, 2.45) is 11.8 Å². The van der Waals surface area contributed by atoms with Gasteiger partial charge in [-0.25, -0.2) is 19.9 Å². The number of hydrogen-bond acceptors (Lipinski definition) is 9. The van der Waals surface area contributed by atoms with Crippen molar-refractivity contribution in [1.82, 2.24) is 19.9 Å². The van der Waals surface area contributed by atoms with Gasteiger partial charge in [0.2, 0.25) is 0 Å². The van der Waals surface area contributed by atoms with Crippen LogP contribution in [0.1, 0.15) is 40.6 Å². The molecule has 0 unspecified atom stereocenters. The maximum Gasteiger partial charge on any atom is 0.309 e. The molecule has 36 heavy (non-hydrogen) atoms. The van der Waals surface area contributed by atoms with Crippen molar-refractivity contribution in [3.8, 4) is 0 Å². The monoisotopic (exact) mass is 564 g/mol. The van der Waals surface area contributed by atoms with Gasteiger partial charge in [-0.2, -0.15) is 0 Å². The number of aromatic nitrogens is 4. The topological polar surface area (TPSA) is 115 Å². The van der Waals surface area contributed by atoms with Crippen LogP contribution >= 0.6 is 45.9 Å². The molecule has 1 N–H and O–H groups in total. The molecule has 0 saturated carbocycles. The fourth-order valence-corrected chi connectivity index (χ4v) is 7.96. The van der Waals surface area contributed by atoms with Crippen LogP contribution in [0.25, 0.3) is 20.4 Å². The standard InChI is InChI=1S/C13H13ClN2O2S.C11H9ClN2O2S/c1-2-18-13(17)7-3-4-8-9(5-7)19-12-10(8)11(14)15-6-16-12;12-9-8-6-2-1-5(11(15)16)3-7(6)17-10(8)14-4-13-9/h6-7H,2-5H2,1H3;4-5H,1-3H2,(H,15,16)/t7-;5-/m00/s1. The lowest BCUT2D eigenvalue weighted by molar-refractivity contribution is -0.148. The van der Waals surface area contributed by atoms with Crippen LogP contribution in [0.5, 0.6) is 0 Å². The van der Waals surface area contributed by atoms with Crippen LogP contribution in [0, 0.1) is 11.8 Å². The molecule has 12 heteroatoms. The van der Waals surface area contributed by atoms with E-state index in [2.05, 4.69) is 19.9 Å². The van der Waals surface area contributed by atoms with Crippen LogP contribution in [0.3, 0.4) is 0 Å². The summed E-state index contributed by atoms with van der Waals surface area (Å²) in [6, 6.07) is 0. The zero-order valence-electron chi connectivity index (χ0n) is 19.3. The number of carboxylic acids is 1. The predicted octanol–water partition coefficient (Wildman–Crippen LogP) is 5.55. The summed E-state index contributed by atoms with van der Waals surface area (Å²) in [7, 11) is 0. The molecule has 8 nitrogen and oxygen atoms in total. The number of ether oxygens (including phenoxy) is 1. The second-order valence-electron chi connectivity index (χ2n) is 8.67. The Labute approximate surface area is 224 Å². The van der Waals surface area contributed by atoms with E-state index >= 15 is 0 Å². The van der Waals surface area contributed by atoms with Crippen LogP contribution in [0.15, 0.2) is 12.7 Å². The first kappa shape index (κ1) is 25.3. The molecule has 6 rings (SSSR count). The highest BCUT2D eigenvalue weighted by Crippen LogP contribution is 2.40. The van der Waals surface area contributed by atoms with E-state index in [0.717, 1.165) is 56.6 Å². The molecule has 0 bridgehead atoms. The third-order valence-electron chi connectivity index (χ3n) is 6.57. The lowest BCUT2D eigenvalue weighted by atomic mass is 9.88. The van der Waals surface area contributed by atoms with E-state index in [0.29, 0.717) is 29.8 Å². The van der Waals surface area contributed by atoms with Gasteiger partial charge < -0.3 is 9.84 Å². The van der Waals surface area contributed by atoms with Crippen molar-refractivity contribution in [2.45, 2.75) is 45.4 Å². The average Bonchev–Trinajstić information content (AvgIpc) is 3.43. The number of nitrogens with zero attached hydrogens (tertiary/aromatic N) is 4. The molecular weight excluding hydrogens is 543 g/mol. The normalized spacial score (nSPS) is 18.8. The number of carboxylic acid groups (broad SMARTS) is 1. The summed E-state index contributed by atoms with van der Waals surface area (Å²) in [6.45, 7) is 2.27. The number of carbonyl (C=O) groups is 2. The third-order valence-corrected chi connectivity index (χ3v) is 9.47. The maximum atomic E-state index is 11.8. The molecule has 0 spiro atoms. The maximum absolute atomic E-state index is 11.8. The molecule has 4 heterocycles. The molecule has 2 aliphatic rings. The van der Waals surface area contributed by atoms with Crippen LogP contribution < -0.4 is 0 Å². The van der Waals surface area contributed by atoms with E-state index in [4.69, 9.17) is 33.0 Å². The average molecular weight is 566 g/mol. The lowest BCUT2D eigenvalue weighted by Crippen LogP contribution is -2.23. The molecule has 0 aromatic carbocycles. The zero-order valence-corrected chi connectivity index (χ0v) is 22.4. The van der Waals surface area contributed by atoms with Crippen molar-refractivity contribution in [3.63, 3.8) is 0 Å². The molecule has 0 fully saturated rings. The summed E-state index contributed by atoms with van der Waals surface area (Å²) < 4.78 is 5.11. The molecule has 0 radical (unpaired) electrons. The number of aryl methyl sites for hydroxylation is 2. The Morgan fingerprint density at radius 3 is 1.92 bits per heavy atom. The van der Waals surface area contributed by atoms with Crippen LogP contribution in [-0.2, 0) is 40.0 Å². The van der Waals surface area contributed by atoms with E-state index in [-0.39, 0.29) is 17.8 Å². The number of carbonyl (C=O) groups excluding carboxylic acids is 1. The minimum absolute atomic E-state index is 0.0350. The van der Waals surface area contributed by atoms with Gasteiger partial charge in [-0.3, -0.25) is 9.59 Å². The van der Waals surface area contributed by atoms with Gasteiger partial charge in [0.1, 0.15) is 32.6 Å². The fraction of sp³-hybridized carbons (Fsp3) is 0.417. The minimum atomic E-state index is -0.717. The molecule has 4 aromatic heterocycles. The van der Waals surface area contributed by atoms with Crippen molar-refractivity contribution < 1.29 is 19.4 Å². The Bertz CT molecular complexity index is 1470. The summed E-state index contributed by atoms with van der Waals surface area (Å²) in [5, 5.41) is 11.9. The molecule has 0 saturated heterocycles. The van der Waals surface area contributed by atoms with Crippen LogP contribution in [0.2, 0.25) is 10.3 Å². The summed E-state index contributed by atoms with van der Waals surface area (Å²) >= 11 is 15.4. The fourth-order valence-electron chi connectivity index (χ4n) is 4.82.